The minimum atomic E-state index is -0.691. The molecule has 1 spiro atoms. The van der Waals surface area contributed by atoms with Crippen molar-refractivity contribution in [1.29, 1.82) is 0 Å². The number of fused-ring (bicyclic) bond motifs is 5. The molecule has 1 fully saturated rings. The number of rotatable bonds is 4. The molecule has 2 amide bonds. The number of nitrogens with zero attached hydrogens (tertiary/aromatic N) is 2. The molecule has 0 radical (unpaired) electrons. The lowest BCUT2D eigenvalue weighted by atomic mass is 9.87. The minimum absolute atomic E-state index is 0.00144. The first-order valence-electron chi connectivity index (χ1n) is 12.5. The van der Waals surface area contributed by atoms with Crippen molar-refractivity contribution in [1.82, 2.24) is 25.6 Å². The van der Waals surface area contributed by atoms with Gasteiger partial charge in [0.05, 0.1) is 28.1 Å². The first-order valence-corrected chi connectivity index (χ1v) is 12.5. The summed E-state index contributed by atoms with van der Waals surface area (Å²) in [7, 11) is 0. The van der Waals surface area contributed by atoms with Crippen LogP contribution in [0.5, 0.6) is 0 Å². The molecule has 184 valence electrons. The highest BCUT2D eigenvalue weighted by Gasteiger charge is 2.49. The Balaban J connectivity index is 1.22. The van der Waals surface area contributed by atoms with Gasteiger partial charge in [0.2, 0.25) is 5.95 Å². The summed E-state index contributed by atoms with van der Waals surface area (Å²) < 4.78 is 14.9. The lowest BCUT2D eigenvalue weighted by Gasteiger charge is -2.24. The van der Waals surface area contributed by atoms with Gasteiger partial charge in [-0.2, -0.15) is 4.39 Å². The third-order valence-corrected chi connectivity index (χ3v) is 7.73. The second kappa shape index (κ2) is 8.09. The summed E-state index contributed by atoms with van der Waals surface area (Å²) >= 11 is 0. The Bertz CT molecular complexity index is 1590. The lowest BCUT2D eigenvalue weighted by molar-refractivity contribution is 0.0915. The van der Waals surface area contributed by atoms with Gasteiger partial charge in [-0.1, -0.05) is 30.3 Å². The molecule has 7 rings (SSSR count). The van der Waals surface area contributed by atoms with Crippen LogP contribution in [-0.2, 0) is 25.8 Å². The van der Waals surface area contributed by atoms with E-state index in [4.69, 9.17) is 0 Å². The summed E-state index contributed by atoms with van der Waals surface area (Å²) in [6.07, 6.45) is 7.33. The number of hydrogen-bond acceptors (Lipinski definition) is 4. The number of halogens is 1. The van der Waals surface area contributed by atoms with E-state index in [0.717, 1.165) is 71.3 Å². The topological polar surface area (TPSA) is 99.8 Å². The molecule has 4 heterocycles. The molecule has 2 aliphatic carbocycles. The second-order valence-electron chi connectivity index (χ2n) is 10.2. The van der Waals surface area contributed by atoms with Gasteiger partial charge in [-0.3, -0.25) is 14.6 Å². The molecule has 1 saturated carbocycles. The van der Waals surface area contributed by atoms with E-state index >= 15 is 0 Å². The van der Waals surface area contributed by atoms with Crippen molar-refractivity contribution in [2.45, 2.75) is 44.2 Å². The molecule has 3 aromatic heterocycles. The number of H-pyrrole nitrogens is 1. The zero-order valence-electron chi connectivity index (χ0n) is 20.0. The van der Waals surface area contributed by atoms with Crippen LogP contribution in [0.3, 0.4) is 0 Å². The fourth-order valence-electron chi connectivity index (χ4n) is 5.58. The molecule has 0 unspecified atom stereocenters. The van der Waals surface area contributed by atoms with E-state index in [1.54, 1.807) is 6.20 Å². The van der Waals surface area contributed by atoms with E-state index in [-0.39, 0.29) is 28.5 Å². The van der Waals surface area contributed by atoms with Crippen LogP contribution >= 0.6 is 0 Å². The summed E-state index contributed by atoms with van der Waals surface area (Å²) in [6.45, 7) is 0.360. The normalized spacial score (nSPS) is 16.4. The van der Waals surface area contributed by atoms with Gasteiger partial charge in [0.25, 0.3) is 11.8 Å². The number of carbonyl (C=O) groups excluding carboxylic acids is 2. The van der Waals surface area contributed by atoms with E-state index in [1.807, 2.05) is 36.4 Å². The number of pyridine rings is 2. The van der Waals surface area contributed by atoms with Crippen molar-refractivity contribution in [3.05, 3.63) is 94.3 Å². The van der Waals surface area contributed by atoms with Gasteiger partial charge in [-0.15, -0.1) is 0 Å². The Hall–Kier alpha value is -4.33. The quantitative estimate of drug-likeness (QED) is 0.372. The zero-order chi connectivity index (χ0) is 25.1. The van der Waals surface area contributed by atoms with Gasteiger partial charge in [-0.05, 0) is 54.5 Å². The molecule has 0 atom stereocenters. The maximum Gasteiger partial charge on any atom is 0.253 e. The van der Waals surface area contributed by atoms with Crippen molar-refractivity contribution in [3.63, 3.8) is 0 Å². The molecule has 3 N–H and O–H groups in total. The van der Waals surface area contributed by atoms with E-state index < -0.39 is 5.95 Å². The molecule has 1 aromatic carbocycles. The number of nitrogens with one attached hydrogen (secondary N) is 3. The molecule has 3 aliphatic rings. The van der Waals surface area contributed by atoms with Gasteiger partial charge in [0, 0.05) is 42.2 Å². The molecule has 0 saturated heterocycles. The number of benzene rings is 1. The maximum atomic E-state index is 14.9. The molecular formula is C29H24FN5O2. The van der Waals surface area contributed by atoms with Gasteiger partial charge in [0.15, 0.2) is 0 Å². The standard InChI is InChI=1S/C29H24FN5O2/c30-26-21(10-18(15-32-26)27(36)33-13-16-4-2-1-3-5-16)22-11-20-17(14-31-22)6-7-19-24-23(34-25(19)20)12-29(8-9-29)35-28(24)37/h1-5,10-11,14-15,34H,6-9,12-13H2,(H,33,36)(H,35,37). The largest absolute Gasteiger partial charge is 0.357 e. The third kappa shape index (κ3) is 3.71. The van der Waals surface area contributed by atoms with Crippen LogP contribution in [0.4, 0.5) is 4.39 Å². The average molecular weight is 494 g/mol. The Morgan fingerprint density at radius 3 is 2.70 bits per heavy atom. The highest BCUT2D eigenvalue weighted by molar-refractivity contribution is 6.01. The summed E-state index contributed by atoms with van der Waals surface area (Å²) in [5, 5.41) is 6.05. The molecule has 37 heavy (non-hydrogen) atoms. The van der Waals surface area contributed by atoms with Crippen molar-refractivity contribution in [2.75, 3.05) is 0 Å². The molecular weight excluding hydrogens is 469 g/mol. The Morgan fingerprint density at radius 1 is 1.05 bits per heavy atom. The van der Waals surface area contributed by atoms with Crippen LogP contribution in [-0.4, -0.2) is 32.3 Å². The summed E-state index contributed by atoms with van der Waals surface area (Å²) in [6, 6.07) is 12.9. The number of aromatic amines is 1. The van der Waals surface area contributed by atoms with Crippen molar-refractivity contribution >= 4 is 11.8 Å². The van der Waals surface area contributed by atoms with E-state index in [9.17, 15) is 14.0 Å². The van der Waals surface area contributed by atoms with Crippen LogP contribution < -0.4 is 10.6 Å². The van der Waals surface area contributed by atoms with Crippen molar-refractivity contribution < 1.29 is 14.0 Å². The summed E-state index contributed by atoms with van der Waals surface area (Å²) in [5.41, 5.74) is 7.33. The van der Waals surface area contributed by atoms with Crippen LogP contribution in [0.2, 0.25) is 0 Å². The molecule has 0 bridgehead atoms. The highest BCUT2D eigenvalue weighted by Crippen LogP contribution is 2.45. The third-order valence-electron chi connectivity index (χ3n) is 7.73. The number of carbonyl (C=O) groups is 2. The van der Waals surface area contributed by atoms with Crippen LogP contribution in [0.25, 0.3) is 22.5 Å². The molecule has 4 aromatic rings. The zero-order valence-corrected chi connectivity index (χ0v) is 20.0. The molecule has 7 nitrogen and oxygen atoms in total. The van der Waals surface area contributed by atoms with Crippen molar-refractivity contribution in [2.24, 2.45) is 0 Å². The number of hydrogen-bond donors (Lipinski definition) is 3. The first-order chi connectivity index (χ1) is 18.0. The highest BCUT2D eigenvalue weighted by atomic mass is 19.1. The first kappa shape index (κ1) is 21.9. The van der Waals surface area contributed by atoms with E-state index in [0.29, 0.717) is 12.2 Å². The molecule has 1 aliphatic heterocycles. The Morgan fingerprint density at radius 2 is 1.89 bits per heavy atom. The number of aromatic nitrogens is 3. The van der Waals surface area contributed by atoms with Gasteiger partial charge in [0.1, 0.15) is 0 Å². The number of aryl methyl sites for hydroxylation is 1. The van der Waals surface area contributed by atoms with E-state index in [1.165, 1.54) is 12.3 Å². The van der Waals surface area contributed by atoms with Gasteiger partial charge >= 0.3 is 0 Å². The van der Waals surface area contributed by atoms with E-state index in [2.05, 4.69) is 25.6 Å². The minimum Gasteiger partial charge on any atom is -0.357 e. The summed E-state index contributed by atoms with van der Waals surface area (Å²) in [4.78, 5) is 37.6. The Kier molecular flexibility index (Phi) is 4.79. The number of amides is 2. The predicted octanol–water partition coefficient (Wildman–Crippen LogP) is 4.12. The lowest BCUT2D eigenvalue weighted by Crippen LogP contribution is -2.43. The van der Waals surface area contributed by atoms with Gasteiger partial charge in [-0.25, -0.2) is 4.98 Å². The fraction of sp³-hybridized carbons (Fsp3) is 0.241. The maximum absolute atomic E-state index is 14.9. The Labute approximate surface area is 212 Å². The SMILES string of the molecule is O=C(NCc1ccccc1)c1cnc(F)c(-c2cc3c(cn2)CCc2c-3[nH]c3c2C(=O)NC2(CC2)C3)c1. The summed E-state index contributed by atoms with van der Waals surface area (Å²) in [5.74, 6) is -1.03. The van der Waals surface area contributed by atoms with Crippen molar-refractivity contribution in [3.8, 4) is 22.5 Å². The smallest absolute Gasteiger partial charge is 0.253 e. The monoisotopic (exact) mass is 493 g/mol. The second-order valence-corrected chi connectivity index (χ2v) is 10.2. The predicted molar refractivity (Wildman–Crippen MR) is 135 cm³/mol. The molecule has 8 heteroatoms. The fourth-order valence-corrected chi connectivity index (χ4v) is 5.58. The van der Waals surface area contributed by atoms with Gasteiger partial charge < -0.3 is 15.6 Å². The van der Waals surface area contributed by atoms with Crippen LogP contribution in [0, 0.1) is 5.95 Å². The van der Waals surface area contributed by atoms with Crippen LogP contribution in [0.15, 0.2) is 54.9 Å². The average Bonchev–Trinajstić information content (AvgIpc) is 3.53. The van der Waals surface area contributed by atoms with Crippen LogP contribution in [0.1, 0.15) is 55.9 Å².